The Labute approximate surface area is 91.5 Å². The van der Waals surface area contributed by atoms with E-state index in [2.05, 4.69) is 10.0 Å². The topological polar surface area (TPSA) is 58.2 Å². The summed E-state index contributed by atoms with van der Waals surface area (Å²) in [6.07, 6.45) is -0.469. The molecule has 0 saturated carbocycles. The van der Waals surface area contributed by atoms with Crippen LogP contribution in [0.1, 0.15) is 6.92 Å². The average molecular weight is 251 g/mol. The van der Waals surface area contributed by atoms with Crippen molar-refractivity contribution in [1.29, 1.82) is 0 Å². The van der Waals surface area contributed by atoms with Crippen LogP contribution in [-0.4, -0.2) is 14.6 Å². The minimum absolute atomic E-state index is 0.0352. The van der Waals surface area contributed by atoms with Gasteiger partial charge in [-0.25, -0.2) is 12.8 Å². The molecule has 1 aliphatic heterocycles. The van der Waals surface area contributed by atoms with Gasteiger partial charge in [-0.05, 0) is 19.1 Å². The minimum atomic E-state index is -3.59. The highest BCUT2D eigenvalue weighted by atomic mass is 35.5. The summed E-state index contributed by atoms with van der Waals surface area (Å²) in [4.78, 5) is -0.0352. The van der Waals surface area contributed by atoms with Crippen molar-refractivity contribution in [1.82, 2.24) is 4.72 Å². The van der Waals surface area contributed by atoms with Crippen LogP contribution in [0.5, 0.6) is 0 Å². The minimum Gasteiger partial charge on any atom is -0.368 e. The first-order chi connectivity index (χ1) is 6.90. The first-order valence-corrected chi connectivity index (χ1v) is 6.04. The second-order valence-electron chi connectivity index (χ2n) is 3.25. The fraction of sp³-hybridized carbons (Fsp3) is 0.250. The van der Waals surface area contributed by atoms with Crippen LogP contribution < -0.4 is 10.0 Å². The van der Waals surface area contributed by atoms with Gasteiger partial charge in [0.25, 0.3) is 0 Å². The molecule has 2 N–H and O–H groups in total. The van der Waals surface area contributed by atoms with E-state index in [0.29, 0.717) is 0 Å². The van der Waals surface area contributed by atoms with Gasteiger partial charge in [0.15, 0.2) is 0 Å². The summed E-state index contributed by atoms with van der Waals surface area (Å²) in [5.41, 5.74) is 0.225. The number of hydrogen-bond donors (Lipinski definition) is 2. The van der Waals surface area contributed by atoms with Gasteiger partial charge in [0.1, 0.15) is 10.7 Å². The number of sulfonamides is 1. The zero-order valence-electron chi connectivity index (χ0n) is 7.71. The molecule has 2 rings (SSSR count). The first-order valence-electron chi connectivity index (χ1n) is 4.18. The van der Waals surface area contributed by atoms with Crippen LogP contribution in [-0.2, 0) is 10.0 Å². The fourth-order valence-electron chi connectivity index (χ4n) is 1.42. The summed E-state index contributed by atoms with van der Waals surface area (Å²) >= 11 is 5.51. The first kappa shape index (κ1) is 10.7. The van der Waals surface area contributed by atoms with Crippen molar-refractivity contribution >= 4 is 27.3 Å². The molecular weight excluding hydrogens is 243 g/mol. The van der Waals surface area contributed by atoms with Crippen LogP contribution in [0.15, 0.2) is 17.0 Å². The van der Waals surface area contributed by atoms with Gasteiger partial charge in [0.2, 0.25) is 10.0 Å². The van der Waals surface area contributed by atoms with Crippen molar-refractivity contribution < 1.29 is 12.8 Å². The lowest BCUT2D eigenvalue weighted by Gasteiger charge is -2.25. The standard InChI is InChI=1S/C8H8ClFN2O2S/c1-4-11-7-3-6(10)5(9)2-8(7)15(13,14)12-4/h2-4,11-12H,1H3. The van der Waals surface area contributed by atoms with E-state index in [1.54, 1.807) is 6.92 Å². The average Bonchev–Trinajstić information content (AvgIpc) is 2.07. The normalized spacial score (nSPS) is 23.0. The molecule has 82 valence electrons. The summed E-state index contributed by atoms with van der Waals surface area (Å²) in [6, 6.07) is 2.17. The molecule has 0 amide bonds. The highest BCUT2D eigenvalue weighted by Crippen LogP contribution is 2.30. The van der Waals surface area contributed by atoms with Crippen LogP contribution in [0.4, 0.5) is 10.1 Å². The van der Waals surface area contributed by atoms with E-state index < -0.39 is 22.0 Å². The van der Waals surface area contributed by atoms with E-state index in [1.807, 2.05) is 0 Å². The van der Waals surface area contributed by atoms with Gasteiger partial charge >= 0.3 is 0 Å². The van der Waals surface area contributed by atoms with Crippen LogP contribution >= 0.6 is 11.6 Å². The molecule has 1 aromatic carbocycles. The van der Waals surface area contributed by atoms with Crippen molar-refractivity contribution in [2.45, 2.75) is 18.0 Å². The van der Waals surface area contributed by atoms with Gasteiger partial charge in [-0.15, -0.1) is 0 Å². The number of rotatable bonds is 0. The fourth-order valence-corrected chi connectivity index (χ4v) is 2.98. The van der Waals surface area contributed by atoms with Crippen molar-refractivity contribution in [2.24, 2.45) is 0 Å². The van der Waals surface area contributed by atoms with Crippen molar-refractivity contribution in [3.05, 3.63) is 23.0 Å². The monoisotopic (exact) mass is 250 g/mol. The molecule has 1 atom stereocenters. The zero-order valence-corrected chi connectivity index (χ0v) is 9.29. The van der Waals surface area contributed by atoms with Gasteiger partial charge in [0, 0.05) is 0 Å². The Hall–Kier alpha value is -0.850. The SMILES string of the molecule is CC1Nc2cc(F)c(Cl)cc2S(=O)(=O)N1. The van der Waals surface area contributed by atoms with Crippen LogP contribution in [0.2, 0.25) is 5.02 Å². The Morgan fingerprint density at radius 3 is 2.80 bits per heavy atom. The second kappa shape index (κ2) is 3.33. The molecule has 7 heteroatoms. The Bertz CT molecular complexity index is 518. The van der Waals surface area contributed by atoms with Crippen LogP contribution in [0, 0.1) is 5.82 Å². The van der Waals surface area contributed by atoms with Crippen LogP contribution in [0.25, 0.3) is 0 Å². The smallest absolute Gasteiger partial charge is 0.244 e. The molecule has 15 heavy (non-hydrogen) atoms. The molecule has 0 saturated heterocycles. The molecule has 0 aliphatic carbocycles. The van der Waals surface area contributed by atoms with Crippen molar-refractivity contribution in [2.75, 3.05) is 5.32 Å². The summed E-state index contributed by atoms with van der Waals surface area (Å²) in [5, 5.41) is 2.58. The summed E-state index contributed by atoms with van der Waals surface area (Å²) in [6.45, 7) is 1.62. The highest BCUT2D eigenvalue weighted by molar-refractivity contribution is 7.89. The zero-order chi connectivity index (χ0) is 11.2. The molecule has 4 nitrogen and oxygen atoms in total. The third-order valence-electron chi connectivity index (χ3n) is 2.02. The molecule has 1 aliphatic rings. The van der Waals surface area contributed by atoms with Gasteiger partial charge in [-0.3, -0.25) is 0 Å². The van der Waals surface area contributed by atoms with E-state index in [-0.39, 0.29) is 15.6 Å². The molecule has 0 aromatic heterocycles. The highest BCUT2D eigenvalue weighted by Gasteiger charge is 2.28. The molecule has 0 fully saturated rings. The lowest BCUT2D eigenvalue weighted by molar-refractivity contribution is 0.564. The quantitative estimate of drug-likeness (QED) is 0.734. The Morgan fingerprint density at radius 2 is 2.13 bits per heavy atom. The maximum absolute atomic E-state index is 13.1. The lowest BCUT2D eigenvalue weighted by Crippen LogP contribution is -2.42. The lowest BCUT2D eigenvalue weighted by atomic mass is 10.3. The summed E-state index contributed by atoms with van der Waals surface area (Å²) < 4.78 is 38.7. The predicted molar refractivity (Wildman–Crippen MR) is 54.8 cm³/mol. The molecule has 0 spiro atoms. The largest absolute Gasteiger partial charge is 0.368 e. The molecule has 0 bridgehead atoms. The van der Waals surface area contributed by atoms with Gasteiger partial charge in [0.05, 0.1) is 16.9 Å². The number of nitrogens with one attached hydrogen (secondary N) is 2. The molecule has 0 radical (unpaired) electrons. The van der Waals surface area contributed by atoms with E-state index in [4.69, 9.17) is 11.6 Å². The number of benzene rings is 1. The van der Waals surface area contributed by atoms with E-state index in [0.717, 1.165) is 12.1 Å². The maximum atomic E-state index is 13.1. The molecule has 1 aromatic rings. The molecular formula is C8H8ClFN2O2S. The number of anilines is 1. The number of hydrogen-bond acceptors (Lipinski definition) is 3. The van der Waals surface area contributed by atoms with E-state index in [1.165, 1.54) is 0 Å². The van der Waals surface area contributed by atoms with E-state index >= 15 is 0 Å². The Morgan fingerprint density at radius 1 is 1.47 bits per heavy atom. The molecule has 1 unspecified atom stereocenters. The van der Waals surface area contributed by atoms with Crippen molar-refractivity contribution in [3.63, 3.8) is 0 Å². The molecule has 1 heterocycles. The number of halogens is 2. The second-order valence-corrected chi connectivity index (χ2v) is 5.34. The Balaban J connectivity index is 2.68. The third kappa shape index (κ3) is 1.80. The predicted octanol–water partition coefficient (Wildman–Crippen LogP) is 1.53. The van der Waals surface area contributed by atoms with Gasteiger partial charge < -0.3 is 5.32 Å². The third-order valence-corrected chi connectivity index (χ3v) is 3.89. The summed E-state index contributed by atoms with van der Waals surface area (Å²) in [7, 11) is -3.59. The number of fused-ring (bicyclic) bond motifs is 1. The maximum Gasteiger partial charge on any atom is 0.244 e. The Kier molecular flexibility index (Phi) is 2.37. The van der Waals surface area contributed by atoms with E-state index in [9.17, 15) is 12.8 Å². The van der Waals surface area contributed by atoms with Crippen molar-refractivity contribution in [3.8, 4) is 0 Å². The van der Waals surface area contributed by atoms with Gasteiger partial charge in [-0.2, -0.15) is 4.72 Å². The summed E-state index contributed by atoms with van der Waals surface area (Å²) in [5.74, 6) is -0.646. The van der Waals surface area contributed by atoms with Gasteiger partial charge in [-0.1, -0.05) is 11.6 Å². The van der Waals surface area contributed by atoms with Crippen LogP contribution in [0.3, 0.4) is 0 Å².